The average Bonchev–Trinajstić information content (AvgIpc) is 2.49. The van der Waals surface area contributed by atoms with E-state index >= 15 is 0 Å². The average molecular weight is 285 g/mol. The number of aromatic amines is 1. The number of nitrogens with one attached hydrogen (secondary N) is 3. The van der Waals surface area contributed by atoms with Crippen LogP contribution in [-0.4, -0.2) is 30.0 Å². The Bertz CT molecular complexity index is 723. The lowest BCUT2D eigenvalue weighted by Crippen LogP contribution is -2.50. The maximum absolute atomic E-state index is 12.3. The number of H-pyrrole nitrogens is 1. The number of benzene rings is 1. The van der Waals surface area contributed by atoms with Crippen LogP contribution < -0.4 is 16.2 Å². The predicted molar refractivity (Wildman–Crippen MR) is 82.5 cm³/mol. The maximum atomic E-state index is 12.3. The second-order valence-corrected chi connectivity index (χ2v) is 5.65. The van der Waals surface area contributed by atoms with E-state index in [4.69, 9.17) is 0 Å². The van der Waals surface area contributed by atoms with Crippen molar-refractivity contribution < 1.29 is 4.79 Å². The first kappa shape index (κ1) is 13.8. The molecule has 1 aliphatic heterocycles. The van der Waals surface area contributed by atoms with Gasteiger partial charge >= 0.3 is 0 Å². The molecule has 1 aliphatic rings. The molecule has 2 atom stereocenters. The second-order valence-electron chi connectivity index (χ2n) is 5.65. The quantitative estimate of drug-likeness (QED) is 0.777. The predicted octanol–water partition coefficient (Wildman–Crippen LogP) is 1.26. The van der Waals surface area contributed by atoms with Crippen molar-refractivity contribution in [1.29, 1.82) is 0 Å². The minimum Gasteiger partial charge on any atom is -0.346 e. The van der Waals surface area contributed by atoms with Gasteiger partial charge in [0.05, 0.1) is 0 Å². The number of aromatic nitrogens is 1. The summed E-state index contributed by atoms with van der Waals surface area (Å²) in [5.74, 6) is 0.209. The Hall–Kier alpha value is -2.14. The molecule has 2 unspecified atom stereocenters. The van der Waals surface area contributed by atoms with E-state index in [1.165, 1.54) is 0 Å². The smallest absolute Gasteiger partial charge is 0.268 e. The van der Waals surface area contributed by atoms with E-state index in [0.29, 0.717) is 17.0 Å². The third kappa shape index (κ3) is 2.83. The number of hydrogen-bond donors (Lipinski definition) is 3. The summed E-state index contributed by atoms with van der Waals surface area (Å²) in [5.41, 5.74) is 0.0875. The van der Waals surface area contributed by atoms with Crippen LogP contribution in [0.4, 0.5) is 0 Å². The van der Waals surface area contributed by atoms with E-state index in [-0.39, 0.29) is 17.5 Å². The number of pyridine rings is 1. The summed E-state index contributed by atoms with van der Waals surface area (Å²) in [6.45, 7) is 3.89. The number of amides is 1. The van der Waals surface area contributed by atoms with E-state index in [9.17, 15) is 9.59 Å². The number of carbonyl (C=O) groups is 1. The minimum atomic E-state index is -0.229. The molecule has 5 heteroatoms. The van der Waals surface area contributed by atoms with E-state index < -0.39 is 0 Å². The Morgan fingerprint density at radius 2 is 2.14 bits per heavy atom. The molecule has 21 heavy (non-hydrogen) atoms. The molecular formula is C16H19N3O2. The lowest BCUT2D eigenvalue weighted by atomic mass is 9.94. The van der Waals surface area contributed by atoms with Crippen LogP contribution in [0.2, 0.25) is 0 Å². The van der Waals surface area contributed by atoms with Crippen LogP contribution in [0, 0.1) is 5.92 Å². The Labute approximate surface area is 122 Å². The lowest BCUT2D eigenvalue weighted by Gasteiger charge is -2.30. The van der Waals surface area contributed by atoms with Crippen LogP contribution in [0.15, 0.2) is 35.1 Å². The molecule has 1 aromatic heterocycles. The van der Waals surface area contributed by atoms with Crippen molar-refractivity contribution in [2.24, 2.45) is 5.92 Å². The molecule has 0 spiro atoms. The Morgan fingerprint density at radius 1 is 1.33 bits per heavy atom. The Balaban J connectivity index is 1.86. The zero-order valence-corrected chi connectivity index (χ0v) is 12.0. The van der Waals surface area contributed by atoms with Gasteiger partial charge in [-0.1, -0.05) is 25.1 Å². The standard InChI is InChI=1S/C16H19N3O2/c1-10-6-7-17-9-14(10)19-16(21)13-8-11-4-2-3-5-12(11)15(20)18-13/h2-5,8,10,14,17H,6-7,9H2,1H3,(H,18,20)(H,19,21). The largest absolute Gasteiger partial charge is 0.346 e. The van der Waals surface area contributed by atoms with Crippen LogP contribution in [-0.2, 0) is 0 Å². The van der Waals surface area contributed by atoms with Gasteiger partial charge in [-0.3, -0.25) is 9.59 Å². The molecule has 0 radical (unpaired) electrons. The van der Waals surface area contributed by atoms with Gasteiger partial charge in [0.2, 0.25) is 0 Å². The number of piperidine rings is 1. The SMILES string of the molecule is CC1CCNCC1NC(=O)c1cc2ccccc2c(=O)[nH]1. The van der Waals surface area contributed by atoms with Gasteiger partial charge in [-0.05, 0) is 36.4 Å². The van der Waals surface area contributed by atoms with Gasteiger partial charge in [0, 0.05) is 18.0 Å². The summed E-state index contributed by atoms with van der Waals surface area (Å²) in [5, 5.41) is 7.66. The van der Waals surface area contributed by atoms with Crippen LogP contribution in [0.5, 0.6) is 0 Å². The molecule has 2 heterocycles. The molecule has 110 valence electrons. The summed E-state index contributed by atoms with van der Waals surface area (Å²) >= 11 is 0. The van der Waals surface area contributed by atoms with E-state index in [0.717, 1.165) is 24.9 Å². The lowest BCUT2D eigenvalue weighted by molar-refractivity contribution is 0.0910. The number of rotatable bonds is 2. The highest BCUT2D eigenvalue weighted by molar-refractivity contribution is 5.96. The fourth-order valence-electron chi connectivity index (χ4n) is 2.76. The molecule has 1 aromatic carbocycles. The fraction of sp³-hybridized carbons (Fsp3) is 0.375. The third-order valence-electron chi connectivity index (χ3n) is 4.14. The zero-order chi connectivity index (χ0) is 14.8. The molecule has 0 aliphatic carbocycles. The highest BCUT2D eigenvalue weighted by Crippen LogP contribution is 2.13. The van der Waals surface area contributed by atoms with Crippen LogP contribution in [0.1, 0.15) is 23.8 Å². The molecule has 0 bridgehead atoms. The number of carbonyl (C=O) groups excluding carboxylic acids is 1. The van der Waals surface area contributed by atoms with Crippen molar-refractivity contribution >= 4 is 16.7 Å². The van der Waals surface area contributed by atoms with Crippen LogP contribution in [0.25, 0.3) is 10.8 Å². The summed E-state index contributed by atoms with van der Waals surface area (Å²) in [6, 6.07) is 9.09. The summed E-state index contributed by atoms with van der Waals surface area (Å²) in [4.78, 5) is 27.0. The zero-order valence-electron chi connectivity index (χ0n) is 12.0. The van der Waals surface area contributed by atoms with Crippen molar-refractivity contribution in [2.45, 2.75) is 19.4 Å². The third-order valence-corrected chi connectivity index (χ3v) is 4.14. The molecule has 3 N–H and O–H groups in total. The van der Waals surface area contributed by atoms with E-state index in [2.05, 4.69) is 22.5 Å². The molecule has 1 amide bonds. The molecule has 5 nitrogen and oxygen atoms in total. The maximum Gasteiger partial charge on any atom is 0.268 e. The van der Waals surface area contributed by atoms with Crippen molar-refractivity contribution in [1.82, 2.24) is 15.6 Å². The van der Waals surface area contributed by atoms with Gasteiger partial charge in [0.15, 0.2) is 0 Å². The molecular weight excluding hydrogens is 266 g/mol. The van der Waals surface area contributed by atoms with Crippen LogP contribution >= 0.6 is 0 Å². The first-order valence-electron chi connectivity index (χ1n) is 7.29. The molecule has 3 rings (SSSR count). The summed E-state index contributed by atoms with van der Waals surface area (Å²) in [6.07, 6.45) is 1.04. The summed E-state index contributed by atoms with van der Waals surface area (Å²) < 4.78 is 0. The first-order valence-corrected chi connectivity index (χ1v) is 7.29. The number of hydrogen-bond acceptors (Lipinski definition) is 3. The van der Waals surface area contributed by atoms with Gasteiger partial charge in [0.25, 0.3) is 11.5 Å². The topological polar surface area (TPSA) is 74.0 Å². The van der Waals surface area contributed by atoms with Gasteiger partial charge in [-0.2, -0.15) is 0 Å². The highest BCUT2D eigenvalue weighted by Gasteiger charge is 2.23. The van der Waals surface area contributed by atoms with Crippen molar-refractivity contribution in [3.05, 3.63) is 46.4 Å². The van der Waals surface area contributed by atoms with Crippen molar-refractivity contribution in [3.63, 3.8) is 0 Å². The molecule has 1 saturated heterocycles. The highest BCUT2D eigenvalue weighted by atomic mass is 16.2. The molecule has 0 saturated carbocycles. The normalized spacial score (nSPS) is 22.1. The van der Waals surface area contributed by atoms with Crippen molar-refractivity contribution in [2.75, 3.05) is 13.1 Å². The van der Waals surface area contributed by atoms with Crippen LogP contribution in [0.3, 0.4) is 0 Å². The Morgan fingerprint density at radius 3 is 2.95 bits per heavy atom. The Kier molecular flexibility index (Phi) is 3.75. The second kappa shape index (κ2) is 5.69. The van der Waals surface area contributed by atoms with Gasteiger partial charge in [-0.15, -0.1) is 0 Å². The van der Waals surface area contributed by atoms with E-state index in [1.807, 2.05) is 18.2 Å². The van der Waals surface area contributed by atoms with E-state index in [1.54, 1.807) is 12.1 Å². The first-order chi connectivity index (χ1) is 10.1. The minimum absolute atomic E-state index is 0.0984. The van der Waals surface area contributed by atoms with Gasteiger partial charge in [-0.25, -0.2) is 0 Å². The number of fused-ring (bicyclic) bond motifs is 1. The molecule has 2 aromatic rings. The molecule has 1 fully saturated rings. The van der Waals surface area contributed by atoms with Gasteiger partial charge < -0.3 is 15.6 Å². The van der Waals surface area contributed by atoms with Crippen molar-refractivity contribution in [3.8, 4) is 0 Å². The van der Waals surface area contributed by atoms with Gasteiger partial charge in [0.1, 0.15) is 5.69 Å². The monoisotopic (exact) mass is 285 g/mol. The summed E-state index contributed by atoms with van der Waals surface area (Å²) in [7, 11) is 0. The fourth-order valence-corrected chi connectivity index (χ4v) is 2.76.